The molecule has 0 unspecified atom stereocenters. The van der Waals surface area contributed by atoms with Gasteiger partial charge in [0.05, 0.1) is 5.69 Å². The summed E-state index contributed by atoms with van der Waals surface area (Å²) in [7, 11) is 0. The number of rotatable bonds is 5. The van der Waals surface area contributed by atoms with Gasteiger partial charge in [0.25, 0.3) is 5.91 Å². The highest BCUT2D eigenvalue weighted by molar-refractivity contribution is 5.92. The van der Waals surface area contributed by atoms with E-state index >= 15 is 0 Å². The number of ether oxygens (including phenoxy) is 1. The molecule has 0 aliphatic rings. The lowest BCUT2D eigenvalue weighted by atomic mass is 10.1. The number of nitrogens with zero attached hydrogens (tertiary/aromatic N) is 4. The van der Waals surface area contributed by atoms with Gasteiger partial charge in [-0.3, -0.25) is 4.79 Å². The first kappa shape index (κ1) is 15.7. The van der Waals surface area contributed by atoms with Crippen LogP contribution in [0.2, 0.25) is 0 Å². The summed E-state index contributed by atoms with van der Waals surface area (Å²) in [6.07, 6.45) is 1.49. The van der Waals surface area contributed by atoms with Gasteiger partial charge in [-0.25, -0.2) is 4.68 Å². The molecule has 1 heterocycles. The number of hydrogen-bond donors (Lipinski definition) is 1. The monoisotopic (exact) mass is 323 g/mol. The SMILES string of the molecule is Cc1cccc(NC(=O)COc2cccc(-n3cnnn3)c2)c1C. The Kier molecular flexibility index (Phi) is 4.51. The fourth-order valence-corrected chi connectivity index (χ4v) is 2.22. The number of aromatic nitrogens is 4. The van der Waals surface area contributed by atoms with E-state index in [1.807, 2.05) is 44.2 Å². The number of tetrazole rings is 1. The minimum absolute atomic E-state index is 0.0769. The molecule has 0 aliphatic carbocycles. The lowest BCUT2D eigenvalue weighted by Gasteiger charge is -2.11. The van der Waals surface area contributed by atoms with Crippen molar-refractivity contribution in [1.82, 2.24) is 20.2 Å². The summed E-state index contributed by atoms with van der Waals surface area (Å²) in [6.45, 7) is 3.90. The molecule has 1 N–H and O–H groups in total. The number of benzene rings is 2. The second-order valence-corrected chi connectivity index (χ2v) is 5.34. The van der Waals surface area contributed by atoms with Gasteiger partial charge in [0.15, 0.2) is 6.61 Å². The Morgan fingerprint density at radius 1 is 1.21 bits per heavy atom. The normalized spacial score (nSPS) is 10.4. The summed E-state index contributed by atoms with van der Waals surface area (Å²) in [6, 6.07) is 13.0. The Morgan fingerprint density at radius 2 is 2.04 bits per heavy atom. The summed E-state index contributed by atoms with van der Waals surface area (Å²) < 4.78 is 7.07. The maximum absolute atomic E-state index is 12.1. The van der Waals surface area contributed by atoms with Gasteiger partial charge in [0.1, 0.15) is 12.1 Å². The second kappa shape index (κ2) is 6.91. The molecule has 2 aromatic carbocycles. The Balaban J connectivity index is 1.62. The standard InChI is InChI=1S/C17H17N5O2/c1-12-5-3-8-16(13(12)2)19-17(23)10-24-15-7-4-6-14(9-15)22-11-18-20-21-22/h3-9,11H,10H2,1-2H3,(H,19,23). The van der Waals surface area contributed by atoms with Crippen LogP contribution in [0.3, 0.4) is 0 Å². The molecule has 0 aliphatic heterocycles. The zero-order valence-corrected chi connectivity index (χ0v) is 13.4. The molecule has 1 amide bonds. The average molecular weight is 323 g/mol. The van der Waals surface area contributed by atoms with Crippen LogP contribution in [-0.4, -0.2) is 32.7 Å². The van der Waals surface area contributed by atoms with E-state index in [4.69, 9.17) is 4.74 Å². The number of carbonyl (C=O) groups excluding carboxylic acids is 1. The summed E-state index contributed by atoms with van der Waals surface area (Å²) in [5, 5.41) is 13.9. The molecule has 3 aromatic rings. The molecule has 0 spiro atoms. The summed E-state index contributed by atoms with van der Waals surface area (Å²) in [5.41, 5.74) is 3.73. The lowest BCUT2D eigenvalue weighted by Crippen LogP contribution is -2.20. The number of aryl methyl sites for hydroxylation is 1. The van der Waals surface area contributed by atoms with Crippen LogP contribution in [0.15, 0.2) is 48.8 Å². The molecule has 24 heavy (non-hydrogen) atoms. The van der Waals surface area contributed by atoms with Gasteiger partial charge in [-0.1, -0.05) is 18.2 Å². The Morgan fingerprint density at radius 3 is 2.83 bits per heavy atom. The zero-order chi connectivity index (χ0) is 16.9. The first-order chi connectivity index (χ1) is 11.6. The van der Waals surface area contributed by atoms with Crippen molar-refractivity contribution in [3.63, 3.8) is 0 Å². The molecule has 1 aromatic heterocycles. The Bertz CT molecular complexity index is 846. The molecule has 0 radical (unpaired) electrons. The fraction of sp³-hybridized carbons (Fsp3) is 0.176. The van der Waals surface area contributed by atoms with E-state index in [2.05, 4.69) is 20.8 Å². The van der Waals surface area contributed by atoms with Gasteiger partial charge in [-0.15, -0.1) is 5.10 Å². The first-order valence-corrected chi connectivity index (χ1v) is 7.46. The molecule has 7 heteroatoms. The van der Waals surface area contributed by atoms with Gasteiger partial charge >= 0.3 is 0 Å². The predicted octanol–water partition coefficient (Wildman–Crippen LogP) is 2.30. The molecule has 122 valence electrons. The van der Waals surface area contributed by atoms with Crippen molar-refractivity contribution >= 4 is 11.6 Å². The van der Waals surface area contributed by atoms with E-state index in [1.165, 1.54) is 11.0 Å². The van der Waals surface area contributed by atoms with Crippen LogP contribution in [0.25, 0.3) is 5.69 Å². The fourth-order valence-electron chi connectivity index (χ4n) is 2.22. The molecule has 0 fully saturated rings. The van der Waals surface area contributed by atoms with E-state index in [0.717, 1.165) is 22.5 Å². The summed E-state index contributed by atoms with van der Waals surface area (Å²) in [4.78, 5) is 12.1. The van der Waals surface area contributed by atoms with Crippen LogP contribution < -0.4 is 10.1 Å². The van der Waals surface area contributed by atoms with Crippen molar-refractivity contribution in [1.29, 1.82) is 0 Å². The third-order valence-corrected chi connectivity index (χ3v) is 3.68. The molecule has 7 nitrogen and oxygen atoms in total. The largest absolute Gasteiger partial charge is 0.484 e. The first-order valence-electron chi connectivity index (χ1n) is 7.46. The van der Waals surface area contributed by atoms with Crippen LogP contribution in [0.1, 0.15) is 11.1 Å². The van der Waals surface area contributed by atoms with Crippen molar-refractivity contribution < 1.29 is 9.53 Å². The van der Waals surface area contributed by atoms with Crippen LogP contribution in [0.5, 0.6) is 5.75 Å². The van der Waals surface area contributed by atoms with Crippen LogP contribution in [-0.2, 0) is 4.79 Å². The molecule has 0 atom stereocenters. The van der Waals surface area contributed by atoms with Crippen LogP contribution >= 0.6 is 0 Å². The predicted molar refractivity (Wildman–Crippen MR) is 89.2 cm³/mol. The number of anilines is 1. The van der Waals surface area contributed by atoms with E-state index in [-0.39, 0.29) is 12.5 Å². The molecule has 3 rings (SSSR count). The average Bonchev–Trinajstić information content (AvgIpc) is 3.12. The van der Waals surface area contributed by atoms with Crippen molar-refractivity contribution in [3.8, 4) is 11.4 Å². The lowest BCUT2D eigenvalue weighted by molar-refractivity contribution is -0.118. The summed E-state index contributed by atoms with van der Waals surface area (Å²) >= 11 is 0. The number of nitrogens with one attached hydrogen (secondary N) is 1. The second-order valence-electron chi connectivity index (χ2n) is 5.34. The highest BCUT2D eigenvalue weighted by atomic mass is 16.5. The maximum Gasteiger partial charge on any atom is 0.262 e. The van der Waals surface area contributed by atoms with Crippen LogP contribution in [0.4, 0.5) is 5.69 Å². The highest BCUT2D eigenvalue weighted by Crippen LogP contribution is 2.18. The number of carbonyl (C=O) groups is 1. The van der Waals surface area contributed by atoms with Crippen molar-refractivity contribution in [3.05, 3.63) is 59.9 Å². The molecular weight excluding hydrogens is 306 g/mol. The molecule has 0 saturated carbocycles. The van der Waals surface area contributed by atoms with Crippen molar-refractivity contribution in [2.24, 2.45) is 0 Å². The van der Waals surface area contributed by atoms with Gasteiger partial charge < -0.3 is 10.1 Å². The number of amides is 1. The third kappa shape index (κ3) is 3.57. The van der Waals surface area contributed by atoms with E-state index in [0.29, 0.717) is 5.75 Å². The zero-order valence-electron chi connectivity index (χ0n) is 13.4. The van der Waals surface area contributed by atoms with Crippen molar-refractivity contribution in [2.45, 2.75) is 13.8 Å². The summed E-state index contributed by atoms with van der Waals surface area (Å²) in [5.74, 6) is 0.357. The van der Waals surface area contributed by atoms with Gasteiger partial charge in [0, 0.05) is 11.8 Å². The minimum atomic E-state index is -0.212. The third-order valence-electron chi connectivity index (χ3n) is 3.68. The minimum Gasteiger partial charge on any atom is -0.484 e. The van der Waals surface area contributed by atoms with Crippen LogP contribution in [0, 0.1) is 13.8 Å². The molecular formula is C17H17N5O2. The topological polar surface area (TPSA) is 81.9 Å². The van der Waals surface area contributed by atoms with Crippen molar-refractivity contribution in [2.75, 3.05) is 11.9 Å². The van der Waals surface area contributed by atoms with Gasteiger partial charge in [0.2, 0.25) is 0 Å². The van der Waals surface area contributed by atoms with E-state index in [9.17, 15) is 4.79 Å². The maximum atomic E-state index is 12.1. The molecule has 0 bridgehead atoms. The molecule has 0 saturated heterocycles. The van der Waals surface area contributed by atoms with E-state index in [1.54, 1.807) is 12.1 Å². The van der Waals surface area contributed by atoms with Gasteiger partial charge in [-0.2, -0.15) is 0 Å². The van der Waals surface area contributed by atoms with Gasteiger partial charge in [-0.05, 0) is 53.6 Å². The smallest absolute Gasteiger partial charge is 0.262 e. The highest BCUT2D eigenvalue weighted by Gasteiger charge is 2.07. The Hall–Kier alpha value is -3.22. The van der Waals surface area contributed by atoms with E-state index < -0.39 is 0 Å². The quantitative estimate of drug-likeness (QED) is 0.779. The Labute approximate surface area is 139 Å². The number of hydrogen-bond acceptors (Lipinski definition) is 5.